The fourth-order valence-electron chi connectivity index (χ4n) is 3.23. The van der Waals surface area contributed by atoms with Crippen LogP contribution in [0.1, 0.15) is 43.0 Å². The van der Waals surface area contributed by atoms with Crippen molar-refractivity contribution in [3.63, 3.8) is 0 Å². The third-order valence-electron chi connectivity index (χ3n) is 4.76. The van der Waals surface area contributed by atoms with Crippen molar-refractivity contribution in [3.05, 3.63) is 53.2 Å². The number of benzene rings is 1. The summed E-state index contributed by atoms with van der Waals surface area (Å²) in [4.78, 5) is 8.54. The number of hydrogen-bond donors (Lipinski definition) is 1. The molecule has 2 heterocycles. The van der Waals surface area contributed by atoms with Crippen molar-refractivity contribution in [2.45, 2.75) is 44.3 Å². The van der Waals surface area contributed by atoms with E-state index in [1.807, 2.05) is 13.0 Å². The van der Waals surface area contributed by atoms with Crippen molar-refractivity contribution >= 4 is 11.6 Å². The van der Waals surface area contributed by atoms with E-state index >= 15 is 0 Å². The van der Waals surface area contributed by atoms with E-state index in [-0.39, 0.29) is 0 Å². The topological polar surface area (TPSA) is 55.1 Å². The van der Waals surface area contributed by atoms with Gasteiger partial charge >= 0.3 is 6.18 Å². The van der Waals surface area contributed by atoms with Crippen LogP contribution in [0.15, 0.2) is 30.6 Å². The summed E-state index contributed by atoms with van der Waals surface area (Å²) in [5.41, 5.74) is -0.547. The molecule has 0 bridgehead atoms. The SMILES string of the molecule is CCCc1cc(NC2(c3ccc(C(F)(F)F)c(F)c3)CC2)n2ncnc2n1. The van der Waals surface area contributed by atoms with Gasteiger partial charge in [0.25, 0.3) is 5.78 Å². The second-order valence-electron chi connectivity index (χ2n) is 6.75. The largest absolute Gasteiger partial charge is 0.419 e. The number of nitrogens with zero attached hydrogens (tertiary/aromatic N) is 4. The van der Waals surface area contributed by atoms with Gasteiger partial charge in [0.15, 0.2) is 0 Å². The minimum Gasteiger partial charge on any atom is -0.360 e. The Kier molecular flexibility index (Phi) is 4.05. The van der Waals surface area contributed by atoms with Gasteiger partial charge in [-0.3, -0.25) is 0 Å². The normalized spacial score (nSPS) is 15.9. The van der Waals surface area contributed by atoms with E-state index in [1.54, 1.807) is 4.52 Å². The van der Waals surface area contributed by atoms with Gasteiger partial charge in [-0.15, -0.1) is 0 Å². The molecular weight excluding hydrogens is 362 g/mol. The van der Waals surface area contributed by atoms with E-state index in [2.05, 4.69) is 20.4 Å². The Morgan fingerprint density at radius 2 is 2.00 bits per heavy atom. The third-order valence-corrected chi connectivity index (χ3v) is 4.76. The predicted octanol–water partition coefficient (Wildman–Crippen LogP) is 4.34. The van der Waals surface area contributed by atoms with Gasteiger partial charge in [-0.1, -0.05) is 19.4 Å². The van der Waals surface area contributed by atoms with Crippen molar-refractivity contribution in [1.82, 2.24) is 19.6 Å². The zero-order valence-electron chi connectivity index (χ0n) is 14.5. The fourth-order valence-corrected chi connectivity index (χ4v) is 3.23. The molecule has 5 nitrogen and oxygen atoms in total. The first-order valence-electron chi connectivity index (χ1n) is 8.67. The first-order chi connectivity index (χ1) is 12.8. The zero-order valence-corrected chi connectivity index (χ0v) is 14.5. The Balaban J connectivity index is 1.70. The summed E-state index contributed by atoms with van der Waals surface area (Å²) in [5.74, 6) is -0.183. The molecule has 0 saturated heterocycles. The molecule has 1 aromatic carbocycles. The van der Waals surface area contributed by atoms with Gasteiger partial charge in [0.1, 0.15) is 18.0 Å². The van der Waals surface area contributed by atoms with Gasteiger partial charge in [0, 0.05) is 11.8 Å². The summed E-state index contributed by atoms with van der Waals surface area (Å²) in [6.45, 7) is 2.04. The molecule has 0 spiro atoms. The smallest absolute Gasteiger partial charge is 0.360 e. The van der Waals surface area contributed by atoms with Crippen molar-refractivity contribution < 1.29 is 17.6 Å². The minimum absolute atomic E-state index is 0.442. The first kappa shape index (κ1) is 17.7. The van der Waals surface area contributed by atoms with Crippen molar-refractivity contribution in [2.24, 2.45) is 0 Å². The summed E-state index contributed by atoms with van der Waals surface area (Å²) < 4.78 is 54.0. The van der Waals surface area contributed by atoms with Crippen LogP contribution in [0.2, 0.25) is 0 Å². The number of aromatic nitrogens is 4. The van der Waals surface area contributed by atoms with Crippen LogP contribution < -0.4 is 5.32 Å². The molecule has 142 valence electrons. The maximum absolute atomic E-state index is 14.0. The number of nitrogens with one attached hydrogen (secondary N) is 1. The number of fused-ring (bicyclic) bond motifs is 1. The summed E-state index contributed by atoms with van der Waals surface area (Å²) in [5, 5.41) is 7.48. The van der Waals surface area contributed by atoms with Crippen LogP contribution in [0.3, 0.4) is 0 Å². The number of rotatable bonds is 5. The average Bonchev–Trinajstić information content (AvgIpc) is 3.21. The van der Waals surface area contributed by atoms with Gasteiger partial charge in [-0.25, -0.2) is 9.37 Å². The van der Waals surface area contributed by atoms with Crippen LogP contribution in [0.25, 0.3) is 5.78 Å². The number of hydrogen-bond acceptors (Lipinski definition) is 4. The lowest BCUT2D eigenvalue weighted by Gasteiger charge is -2.21. The number of anilines is 1. The Morgan fingerprint density at radius 1 is 1.22 bits per heavy atom. The summed E-state index contributed by atoms with van der Waals surface area (Å²) in [6, 6.07) is 4.95. The van der Waals surface area contributed by atoms with Crippen LogP contribution in [0.4, 0.5) is 23.4 Å². The summed E-state index contributed by atoms with van der Waals surface area (Å²) in [6.07, 6.45) is -0.286. The molecule has 3 aromatic rings. The van der Waals surface area contributed by atoms with Crippen LogP contribution in [-0.4, -0.2) is 19.6 Å². The van der Waals surface area contributed by atoms with E-state index in [0.29, 0.717) is 30.0 Å². The second kappa shape index (κ2) is 6.17. The molecule has 1 saturated carbocycles. The highest BCUT2D eigenvalue weighted by atomic mass is 19.4. The molecule has 0 atom stereocenters. The monoisotopic (exact) mass is 379 g/mol. The highest BCUT2D eigenvalue weighted by Crippen LogP contribution is 2.49. The number of aryl methyl sites for hydroxylation is 1. The number of alkyl halides is 3. The Bertz CT molecular complexity index is 991. The lowest BCUT2D eigenvalue weighted by Crippen LogP contribution is -2.22. The molecule has 4 rings (SSSR count). The molecule has 0 radical (unpaired) electrons. The Hall–Kier alpha value is -2.71. The minimum atomic E-state index is -4.71. The summed E-state index contributed by atoms with van der Waals surface area (Å²) in [7, 11) is 0. The van der Waals surface area contributed by atoms with E-state index < -0.39 is 23.1 Å². The van der Waals surface area contributed by atoms with Gasteiger partial charge in [-0.05, 0) is 37.0 Å². The molecule has 1 aliphatic rings. The van der Waals surface area contributed by atoms with Crippen molar-refractivity contribution in [1.29, 1.82) is 0 Å². The highest BCUT2D eigenvalue weighted by molar-refractivity contribution is 5.51. The number of halogens is 4. The molecule has 1 aliphatic carbocycles. The molecule has 1 N–H and O–H groups in total. The van der Waals surface area contributed by atoms with E-state index in [9.17, 15) is 17.6 Å². The van der Waals surface area contributed by atoms with Crippen LogP contribution >= 0.6 is 0 Å². The molecule has 27 heavy (non-hydrogen) atoms. The predicted molar refractivity (Wildman–Crippen MR) is 90.7 cm³/mol. The molecule has 9 heteroatoms. The standard InChI is InChI=1S/C18H17F4N5/c1-2-3-12-9-15(27-16(25-12)23-10-24-27)26-17(6-7-17)11-4-5-13(14(19)8-11)18(20,21)22/h4-5,8-10,26H,2-3,6-7H2,1H3. The average molecular weight is 379 g/mol. The molecular formula is C18H17F4N5. The van der Waals surface area contributed by atoms with Gasteiger partial charge in [0.05, 0.1) is 11.1 Å². The van der Waals surface area contributed by atoms with Gasteiger partial charge < -0.3 is 5.32 Å². The highest BCUT2D eigenvalue weighted by Gasteiger charge is 2.46. The van der Waals surface area contributed by atoms with Crippen LogP contribution in [-0.2, 0) is 18.1 Å². The maximum atomic E-state index is 14.0. The van der Waals surface area contributed by atoms with Crippen LogP contribution in [0.5, 0.6) is 0 Å². The third kappa shape index (κ3) is 3.22. The van der Waals surface area contributed by atoms with Crippen LogP contribution in [0, 0.1) is 5.82 Å². The fraction of sp³-hybridized carbons (Fsp3) is 0.389. The molecule has 2 aromatic heterocycles. The van der Waals surface area contributed by atoms with Gasteiger partial charge in [-0.2, -0.15) is 27.8 Å². The first-order valence-corrected chi connectivity index (χ1v) is 8.67. The zero-order chi connectivity index (χ0) is 19.2. The quantitative estimate of drug-likeness (QED) is 0.670. The van der Waals surface area contributed by atoms with E-state index in [1.165, 1.54) is 12.4 Å². The molecule has 0 amide bonds. The lowest BCUT2D eigenvalue weighted by atomic mass is 10.0. The second-order valence-corrected chi connectivity index (χ2v) is 6.75. The van der Waals surface area contributed by atoms with Crippen molar-refractivity contribution in [3.8, 4) is 0 Å². The Morgan fingerprint density at radius 3 is 2.63 bits per heavy atom. The van der Waals surface area contributed by atoms with Gasteiger partial charge in [0.2, 0.25) is 0 Å². The lowest BCUT2D eigenvalue weighted by molar-refractivity contribution is -0.140. The Labute approximate surface area is 152 Å². The summed E-state index contributed by atoms with van der Waals surface area (Å²) >= 11 is 0. The van der Waals surface area contributed by atoms with Crippen molar-refractivity contribution in [2.75, 3.05) is 5.32 Å². The van der Waals surface area contributed by atoms with E-state index in [4.69, 9.17) is 0 Å². The molecule has 0 unspecified atom stereocenters. The van der Waals surface area contributed by atoms with E-state index in [0.717, 1.165) is 30.7 Å². The molecule has 1 fully saturated rings. The molecule has 0 aliphatic heterocycles. The maximum Gasteiger partial charge on any atom is 0.419 e.